The summed E-state index contributed by atoms with van der Waals surface area (Å²) < 4.78 is 5.63. The largest absolute Gasteiger partial charge is 0.484 e. The highest BCUT2D eigenvalue weighted by molar-refractivity contribution is 6.30. The summed E-state index contributed by atoms with van der Waals surface area (Å²) in [6.07, 6.45) is 0.514. The molecule has 0 aliphatic heterocycles. The van der Waals surface area contributed by atoms with Crippen LogP contribution < -0.4 is 10.1 Å². The maximum Gasteiger partial charge on any atom is 0.261 e. The first-order chi connectivity index (χ1) is 13.9. The minimum atomic E-state index is -0.565. The molecule has 29 heavy (non-hydrogen) atoms. The summed E-state index contributed by atoms with van der Waals surface area (Å²) in [6.45, 7) is 6.72. The van der Waals surface area contributed by atoms with Crippen LogP contribution in [0, 0.1) is 5.92 Å². The van der Waals surface area contributed by atoms with Gasteiger partial charge in [-0.1, -0.05) is 68.8 Å². The van der Waals surface area contributed by atoms with Crippen LogP contribution in [0.3, 0.4) is 0 Å². The lowest BCUT2D eigenvalue weighted by molar-refractivity contribution is -0.143. The van der Waals surface area contributed by atoms with Crippen molar-refractivity contribution in [2.45, 2.75) is 39.8 Å². The van der Waals surface area contributed by atoms with Crippen molar-refractivity contribution in [3.8, 4) is 5.75 Å². The fraction of sp³-hybridized carbons (Fsp3) is 0.391. The molecule has 0 aliphatic rings. The standard InChI is InChI=1S/C23H29ClN2O3/c1-4-21(23(28)25-14-17(2)3)26(15-18-9-6-5-7-10-18)22(27)16-29-20-12-8-11-19(24)13-20/h5-13,17,21H,4,14-16H2,1-3H3,(H,25,28)/t21-/m0/s1. The number of nitrogens with zero attached hydrogens (tertiary/aromatic N) is 1. The molecule has 1 N–H and O–H groups in total. The van der Waals surface area contributed by atoms with Crippen LogP contribution in [0.1, 0.15) is 32.8 Å². The number of hydrogen-bond donors (Lipinski definition) is 1. The molecule has 0 radical (unpaired) electrons. The van der Waals surface area contributed by atoms with Crippen molar-refractivity contribution in [2.24, 2.45) is 5.92 Å². The number of rotatable bonds is 10. The van der Waals surface area contributed by atoms with E-state index in [4.69, 9.17) is 16.3 Å². The lowest BCUT2D eigenvalue weighted by Gasteiger charge is -2.30. The number of hydrogen-bond acceptors (Lipinski definition) is 3. The van der Waals surface area contributed by atoms with Gasteiger partial charge in [0.25, 0.3) is 5.91 Å². The van der Waals surface area contributed by atoms with Crippen LogP contribution in [0.2, 0.25) is 5.02 Å². The minimum absolute atomic E-state index is 0.145. The third-order valence-corrected chi connectivity index (χ3v) is 4.66. The van der Waals surface area contributed by atoms with Gasteiger partial charge in [-0.3, -0.25) is 9.59 Å². The quantitative estimate of drug-likeness (QED) is 0.628. The number of halogens is 1. The average Bonchev–Trinajstić information content (AvgIpc) is 2.71. The molecule has 5 nitrogen and oxygen atoms in total. The molecule has 2 aromatic rings. The number of ether oxygens (including phenoxy) is 1. The van der Waals surface area contributed by atoms with Gasteiger partial charge in [0.15, 0.2) is 6.61 Å². The van der Waals surface area contributed by atoms with Gasteiger partial charge in [0.05, 0.1) is 0 Å². The molecule has 0 aromatic heterocycles. The van der Waals surface area contributed by atoms with Crippen LogP contribution >= 0.6 is 11.6 Å². The summed E-state index contributed by atoms with van der Waals surface area (Å²) in [7, 11) is 0. The van der Waals surface area contributed by atoms with Crippen LogP contribution in [0.25, 0.3) is 0 Å². The second kappa shape index (κ2) is 11.5. The van der Waals surface area contributed by atoms with E-state index in [1.54, 1.807) is 29.2 Å². The van der Waals surface area contributed by atoms with E-state index in [2.05, 4.69) is 5.32 Å². The van der Waals surface area contributed by atoms with Gasteiger partial charge in [-0.2, -0.15) is 0 Å². The zero-order valence-electron chi connectivity index (χ0n) is 17.2. The Morgan fingerprint density at radius 1 is 1.10 bits per heavy atom. The molecule has 0 bridgehead atoms. The Bertz CT molecular complexity index is 796. The van der Waals surface area contributed by atoms with Crippen molar-refractivity contribution < 1.29 is 14.3 Å². The summed E-state index contributed by atoms with van der Waals surface area (Å²) in [5, 5.41) is 3.48. The van der Waals surface area contributed by atoms with Crippen LogP contribution in [0.4, 0.5) is 0 Å². The van der Waals surface area contributed by atoms with E-state index in [1.165, 1.54) is 0 Å². The van der Waals surface area contributed by atoms with Crippen molar-refractivity contribution in [3.63, 3.8) is 0 Å². The summed E-state index contributed by atoms with van der Waals surface area (Å²) in [5.41, 5.74) is 0.957. The number of carbonyl (C=O) groups is 2. The first-order valence-electron chi connectivity index (χ1n) is 9.90. The zero-order valence-corrected chi connectivity index (χ0v) is 18.0. The highest BCUT2D eigenvalue weighted by atomic mass is 35.5. The number of benzene rings is 2. The monoisotopic (exact) mass is 416 g/mol. The molecule has 0 heterocycles. The molecule has 2 rings (SSSR count). The molecule has 0 saturated carbocycles. The Hall–Kier alpha value is -2.53. The third kappa shape index (κ3) is 7.42. The van der Waals surface area contributed by atoms with Crippen molar-refractivity contribution in [1.29, 1.82) is 0 Å². The lowest BCUT2D eigenvalue weighted by Crippen LogP contribution is -2.50. The smallest absolute Gasteiger partial charge is 0.261 e. The average molecular weight is 417 g/mol. The van der Waals surface area contributed by atoms with Crippen LogP contribution in [0.15, 0.2) is 54.6 Å². The van der Waals surface area contributed by atoms with Crippen LogP contribution in [0.5, 0.6) is 5.75 Å². The van der Waals surface area contributed by atoms with Gasteiger partial charge in [-0.15, -0.1) is 0 Å². The fourth-order valence-electron chi connectivity index (χ4n) is 2.91. The number of amides is 2. The number of carbonyl (C=O) groups excluding carboxylic acids is 2. The SMILES string of the molecule is CC[C@@H](C(=O)NCC(C)C)N(Cc1ccccc1)C(=O)COc1cccc(Cl)c1. The van der Waals surface area contributed by atoms with Crippen molar-refractivity contribution in [3.05, 3.63) is 65.2 Å². The molecule has 6 heteroatoms. The highest BCUT2D eigenvalue weighted by Gasteiger charge is 2.28. The summed E-state index contributed by atoms with van der Waals surface area (Å²) in [4.78, 5) is 27.4. The maximum absolute atomic E-state index is 13.0. The van der Waals surface area contributed by atoms with E-state index in [9.17, 15) is 9.59 Å². The fourth-order valence-corrected chi connectivity index (χ4v) is 3.09. The Morgan fingerprint density at radius 3 is 2.45 bits per heavy atom. The van der Waals surface area contributed by atoms with Gasteiger partial charge < -0.3 is 15.0 Å². The van der Waals surface area contributed by atoms with Gasteiger partial charge in [0, 0.05) is 18.1 Å². The summed E-state index contributed by atoms with van der Waals surface area (Å²) in [6, 6.07) is 16.0. The summed E-state index contributed by atoms with van der Waals surface area (Å²) in [5.74, 6) is 0.456. The third-order valence-electron chi connectivity index (χ3n) is 4.42. The Balaban J connectivity index is 2.15. The molecule has 0 saturated heterocycles. The van der Waals surface area contributed by atoms with E-state index in [1.807, 2.05) is 51.1 Å². The normalized spacial score (nSPS) is 11.8. The van der Waals surface area contributed by atoms with Crippen LogP contribution in [-0.2, 0) is 16.1 Å². The Labute approximate surface area is 178 Å². The molecule has 0 unspecified atom stereocenters. The molecule has 0 fully saturated rings. The minimum Gasteiger partial charge on any atom is -0.484 e. The first kappa shape index (κ1) is 22.8. The molecule has 0 aliphatic carbocycles. The van der Waals surface area contributed by atoms with Crippen LogP contribution in [-0.4, -0.2) is 35.9 Å². The molecule has 0 spiro atoms. The first-order valence-corrected chi connectivity index (χ1v) is 10.3. The predicted octanol–water partition coefficient (Wildman–Crippen LogP) is 4.30. The van der Waals surface area contributed by atoms with E-state index < -0.39 is 6.04 Å². The van der Waals surface area contributed by atoms with Crippen molar-refractivity contribution >= 4 is 23.4 Å². The van der Waals surface area contributed by atoms with E-state index in [-0.39, 0.29) is 18.4 Å². The molecular formula is C23H29ClN2O3. The van der Waals surface area contributed by atoms with Gasteiger partial charge in [-0.25, -0.2) is 0 Å². The Morgan fingerprint density at radius 2 is 1.83 bits per heavy atom. The molecule has 156 valence electrons. The zero-order chi connectivity index (χ0) is 21.2. The second-order valence-electron chi connectivity index (χ2n) is 7.32. The number of nitrogens with one attached hydrogen (secondary N) is 1. The predicted molar refractivity (Wildman–Crippen MR) is 116 cm³/mol. The molecule has 2 aromatic carbocycles. The van der Waals surface area contributed by atoms with E-state index in [0.29, 0.717) is 36.2 Å². The lowest BCUT2D eigenvalue weighted by atomic mass is 10.1. The van der Waals surface area contributed by atoms with Gasteiger partial charge in [-0.05, 0) is 36.1 Å². The topological polar surface area (TPSA) is 58.6 Å². The maximum atomic E-state index is 13.0. The highest BCUT2D eigenvalue weighted by Crippen LogP contribution is 2.18. The molecule has 2 amide bonds. The Kier molecular flexibility index (Phi) is 9.00. The molecular weight excluding hydrogens is 388 g/mol. The molecule has 1 atom stereocenters. The van der Waals surface area contributed by atoms with Gasteiger partial charge >= 0.3 is 0 Å². The van der Waals surface area contributed by atoms with E-state index in [0.717, 1.165) is 5.56 Å². The van der Waals surface area contributed by atoms with Crippen molar-refractivity contribution in [1.82, 2.24) is 10.2 Å². The van der Waals surface area contributed by atoms with Gasteiger partial charge in [0.1, 0.15) is 11.8 Å². The summed E-state index contributed by atoms with van der Waals surface area (Å²) >= 11 is 5.98. The second-order valence-corrected chi connectivity index (χ2v) is 7.75. The van der Waals surface area contributed by atoms with Gasteiger partial charge in [0.2, 0.25) is 5.91 Å². The van der Waals surface area contributed by atoms with Crippen molar-refractivity contribution in [2.75, 3.05) is 13.2 Å². The van der Waals surface area contributed by atoms with E-state index >= 15 is 0 Å².